The summed E-state index contributed by atoms with van der Waals surface area (Å²) in [6.45, 7) is 0. The number of hydrogen-bond acceptors (Lipinski definition) is 4. The van der Waals surface area contributed by atoms with Gasteiger partial charge in [0.1, 0.15) is 6.17 Å². The summed E-state index contributed by atoms with van der Waals surface area (Å²) < 4.78 is 4.84. The Balaban J connectivity index is 1.20. The van der Waals surface area contributed by atoms with Gasteiger partial charge >= 0.3 is 0 Å². The number of fused-ring (bicyclic) bond motifs is 7. The molecular formula is C36H24N4S. The number of anilines is 1. The Morgan fingerprint density at radius 2 is 1.39 bits per heavy atom. The van der Waals surface area contributed by atoms with Crippen molar-refractivity contribution in [1.82, 2.24) is 9.55 Å². The molecule has 9 rings (SSSR count). The molecule has 4 nitrogen and oxygen atoms in total. The van der Waals surface area contributed by atoms with Crippen LogP contribution in [0.5, 0.6) is 0 Å². The molecule has 2 unspecified atom stereocenters. The molecule has 1 aliphatic carbocycles. The Hall–Kier alpha value is -5.00. The second-order valence-electron chi connectivity index (χ2n) is 10.6. The number of hydrogen-bond donors (Lipinski definition) is 0. The lowest BCUT2D eigenvalue weighted by molar-refractivity contribution is 0.696. The molecule has 5 heteroatoms. The molecule has 4 aromatic carbocycles. The predicted molar refractivity (Wildman–Crippen MR) is 173 cm³/mol. The molecule has 0 saturated carbocycles. The van der Waals surface area contributed by atoms with Crippen LogP contribution in [0.3, 0.4) is 0 Å². The average molecular weight is 545 g/mol. The van der Waals surface area contributed by atoms with E-state index >= 15 is 0 Å². The Labute approximate surface area is 240 Å². The van der Waals surface area contributed by atoms with Crippen molar-refractivity contribution in [2.75, 3.05) is 4.90 Å². The van der Waals surface area contributed by atoms with Crippen LogP contribution in [-0.2, 0) is 0 Å². The second kappa shape index (κ2) is 8.75. The fourth-order valence-corrected chi connectivity index (χ4v) is 7.52. The van der Waals surface area contributed by atoms with Crippen molar-refractivity contribution in [3.63, 3.8) is 0 Å². The van der Waals surface area contributed by atoms with E-state index in [4.69, 9.17) is 9.98 Å². The lowest BCUT2D eigenvalue weighted by atomic mass is 10.0. The summed E-state index contributed by atoms with van der Waals surface area (Å²) in [4.78, 5) is 12.8. The number of pyridine rings is 1. The normalized spacial score (nSPS) is 18.1. The third-order valence-corrected chi connectivity index (χ3v) is 9.39. The summed E-state index contributed by atoms with van der Waals surface area (Å²) in [5.41, 5.74) is 9.00. The maximum Gasteiger partial charge on any atom is 0.148 e. The topological polar surface area (TPSA) is 33.4 Å². The Kier molecular flexibility index (Phi) is 4.86. The smallest absolute Gasteiger partial charge is 0.148 e. The average Bonchev–Trinajstić information content (AvgIpc) is 3.70. The maximum atomic E-state index is 5.26. The highest BCUT2D eigenvalue weighted by atomic mass is 32.1. The summed E-state index contributed by atoms with van der Waals surface area (Å²) >= 11 is 1.81. The summed E-state index contributed by atoms with van der Waals surface area (Å²) in [6.07, 6.45) is 8.51. The van der Waals surface area contributed by atoms with Gasteiger partial charge in [-0.3, -0.25) is 4.99 Å². The quantitative estimate of drug-likeness (QED) is 0.222. The predicted octanol–water partition coefficient (Wildman–Crippen LogP) is 9.00. The van der Waals surface area contributed by atoms with Crippen LogP contribution in [0.2, 0.25) is 0 Å². The number of aliphatic imine (C=N–C) groups is 1. The molecule has 2 aliphatic rings. The molecule has 2 atom stereocenters. The summed E-state index contributed by atoms with van der Waals surface area (Å²) in [5.74, 6) is 0. The van der Waals surface area contributed by atoms with Crippen LogP contribution in [0.15, 0.2) is 138 Å². The number of thiophene rings is 1. The summed E-state index contributed by atoms with van der Waals surface area (Å²) in [7, 11) is 0. The Morgan fingerprint density at radius 1 is 0.634 bits per heavy atom. The third kappa shape index (κ3) is 3.39. The van der Waals surface area contributed by atoms with Crippen LogP contribution in [0.1, 0.15) is 11.7 Å². The molecule has 0 amide bonds. The number of aromatic nitrogens is 2. The van der Waals surface area contributed by atoms with Gasteiger partial charge in [0.15, 0.2) is 0 Å². The van der Waals surface area contributed by atoms with E-state index in [0.717, 1.165) is 33.6 Å². The number of para-hydroxylation sites is 1. The highest BCUT2D eigenvalue weighted by molar-refractivity contribution is 7.25. The Morgan fingerprint density at radius 3 is 2.27 bits per heavy atom. The van der Waals surface area contributed by atoms with E-state index in [9.17, 15) is 0 Å². The van der Waals surface area contributed by atoms with E-state index in [2.05, 4.69) is 143 Å². The fraction of sp³-hybridized carbons (Fsp3) is 0.0556. The molecule has 0 saturated heterocycles. The van der Waals surface area contributed by atoms with Crippen molar-refractivity contribution in [3.05, 3.63) is 139 Å². The number of benzene rings is 4. The van der Waals surface area contributed by atoms with Gasteiger partial charge in [0.2, 0.25) is 0 Å². The lowest BCUT2D eigenvalue weighted by Crippen LogP contribution is -2.35. The van der Waals surface area contributed by atoms with Crippen LogP contribution in [0.4, 0.5) is 5.69 Å². The third-order valence-electron chi connectivity index (χ3n) is 8.28. The van der Waals surface area contributed by atoms with E-state index < -0.39 is 0 Å². The van der Waals surface area contributed by atoms with E-state index in [-0.39, 0.29) is 12.2 Å². The molecule has 1 aliphatic heterocycles. The van der Waals surface area contributed by atoms with E-state index in [1.165, 1.54) is 31.3 Å². The van der Waals surface area contributed by atoms with Gasteiger partial charge in [-0.1, -0.05) is 85.0 Å². The zero-order valence-electron chi connectivity index (χ0n) is 22.1. The number of rotatable bonds is 3. The SMILES string of the molecule is C1=CC2=NC(c3ccccc3)N(c3ccc(-n4c5ccccc5c5nc6c(cc54)sc4ccccc46)cc3)C2C=C1. The highest BCUT2D eigenvalue weighted by Gasteiger charge is 2.35. The van der Waals surface area contributed by atoms with Crippen molar-refractivity contribution in [2.24, 2.45) is 4.99 Å². The fourth-order valence-electron chi connectivity index (χ4n) is 6.44. The molecule has 4 heterocycles. The van der Waals surface area contributed by atoms with Gasteiger partial charge in [0, 0.05) is 26.8 Å². The lowest BCUT2D eigenvalue weighted by Gasteiger charge is -2.31. The van der Waals surface area contributed by atoms with Crippen molar-refractivity contribution in [1.29, 1.82) is 0 Å². The van der Waals surface area contributed by atoms with Crippen LogP contribution < -0.4 is 4.90 Å². The molecular weight excluding hydrogens is 520 g/mol. The minimum atomic E-state index is -0.0619. The standard InChI is InChI=1S/C36H24N4S/c1-2-10-23(11-3-1)36-37-28-14-6-8-16-30(28)40(36)25-20-18-24(19-21-25)39-29-15-7-4-12-26(29)34-31(39)22-33-35(38-34)27-13-5-9-17-32(27)41-33/h1-22,30,36H. The van der Waals surface area contributed by atoms with E-state index in [1.807, 2.05) is 11.3 Å². The molecule has 0 bridgehead atoms. The molecule has 194 valence electrons. The Bertz CT molecular complexity index is 2220. The van der Waals surface area contributed by atoms with Gasteiger partial charge < -0.3 is 9.47 Å². The van der Waals surface area contributed by atoms with Gasteiger partial charge in [-0.15, -0.1) is 11.3 Å². The monoisotopic (exact) mass is 544 g/mol. The van der Waals surface area contributed by atoms with Gasteiger partial charge in [-0.2, -0.15) is 0 Å². The molecule has 0 N–H and O–H groups in total. The van der Waals surface area contributed by atoms with Crippen LogP contribution >= 0.6 is 11.3 Å². The van der Waals surface area contributed by atoms with Gasteiger partial charge in [-0.25, -0.2) is 4.98 Å². The van der Waals surface area contributed by atoms with Gasteiger partial charge in [0.05, 0.1) is 38.5 Å². The molecule has 0 radical (unpaired) electrons. The first kappa shape index (κ1) is 22.8. The zero-order valence-corrected chi connectivity index (χ0v) is 22.9. The maximum absolute atomic E-state index is 5.26. The van der Waals surface area contributed by atoms with Gasteiger partial charge in [0.25, 0.3) is 0 Å². The molecule has 0 fully saturated rings. The zero-order chi connectivity index (χ0) is 26.9. The molecule has 0 spiro atoms. The number of nitrogens with zero attached hydrogens (tertiary/aromatic N) is 4. The first-order valence-corrected chi connectivity index (χ1v) is 14.7. The minimum absolute atomic E-state index is 0.0619. The first-order chi connectivity index (χ1) is 20.3. The molecule has 3 aromatic heterocycles. The van der Waals surface area contributed by atoms with Crippen LogP contribution in [0.25, 0.3) is 47.9 Å². The second-order valence-corrected chi connectivity index (χ2v) is 11.7. The first-order valence-electron chi connectivity index (χ1n) is 13.9. The van der Waals surface area contributed by atoms with E-state index in [0.29, 0.717) is 0 Å². The van der Waals surface area contributed by atoms with Crippen LogP contribution in [0, 0.1) is 0 Å². The van der Waals surface area contributed by atoms with Crippen LogP contribution in [-0.4, -0.2) is 21.3 Å². The van der Waals surface area contributed by atoms with Crippen molar-refractivity contribution in [3.8, 4) is 5.69 Å². The summed E-state index contributed by atoms with van der Waals surface area (Å²) in [6, 6.07) is 39.1. The summed E-state index contributed by atoms with van der Waals surface area (Å²) in [5, 5.41) is 2.40. The van der Waals surface area contributed by atoms with Crippen molar-refractivity contribution in [2.45, 2.75) is 12.2 Å². The molecule has 7 aromatic rings. The van der Waals surface area contributed by atoms with E-state index in [1.54, 1.807) is 0 Å². The number of allylic oxidation sites excluding steroid dienone is 2. The highest BCUT2D eigenvalue weighted by Crippen LogP contribution is 2.40. The van der Waals surface area contributed by atoms with Crippen molar-refractivity contribution >= 4 is 65.0 Å². The van der Waals surface area contributed by atoms with Gasteiger partial charge in [-0.05, 0) is 54.1 Å². The largest absolute Gasteiger partial charge is 0.334 e. The molecule has 41 heavy (non-hydrogen) atoms. The minimum Gasteiger partial charge on any atom is -0.334 e. The van der Waals surface area contributed by atoms with Crippen molar-refractivity contribution < 1.29 is 0 Å².